The summed E-state index contributed by atoms with van der Waals surface area (Å²) in [6.45, 7) is 0. The van der Waals surface area contributed by atoms with Gasteiger partial charge in [0, 0.05) is 23.9 Å². The molecule has 1 aromatic heterocycles. The molecule has 6 nitrogen and oxygen atoms in total. The molecule has 0 aliphatic heterocycles. The molecule has 1 heterocycles. The van der Waals surface area contributed by atoms with Gasteiger partial charge in [0.15, 0.2) is 6.04 Å². The Morgan fingerprint density at radius 2 is 2.21 bits per heavy atom. The van der Waals surface area contributed by atoms with Crippen LogP contribution in [0.2, 0.25) is 0 Å². The van der Waals surface area contributed by atoms with Gasteiger partial charge in [-0.05, 0) is 17.7 Å². The zero-order valence-electron chi connectivity index (χ0n) is 10.4. The van der Waals surface area contributed by atoms with Crippen LogP contribution in [0.4, 0.5) is 0 Å². The van der Waals surface area contributed by atoms with Crippen LogP contribution < -0.4 is 16.1 Å². The third-order valence-corrected chi connectivity index (χ3v) is 2.85. The molecule has 0 bridgehead atoms. The van der Waals surface area contributed by atoms with E-state index in [4.69, 9.17) is 14.3 Å². The smallest absolute Gasteiger partial charge is 0.362 e. The Hall–Kier alpha value is -2.34. The van der Waals surface area contributed by atoms with E-state index in [0.717, 1.165) is 0 Å². The number of rotatable bonds is 4. The second-order valence-corrected chi connectivity index (χ2v) is 4.19. The van der Waals surface area contributed by atoms with Crippen LogP contribution in [0.5, 0.6) is 5.75 Å². The first-order valence-corrected chi connectivity index (χ1v) is 5.68. The van der Waals surface area contributed by atoms with Crippen LogP contribution in [-0.2, 0) is 11.2 Å². The Morgan fingerprint density at radius 1 is 1.47 bits per heavy atom. The zero-order valence-corrected chi connectivity index (χ0v) is 10.4. The number of carbonyl (C=O) groups is 1. The van der Waals surface area contributed by atoms with E-state index in [2.05, 4.69) is 5.73 Å². The summed E-state index contributed by atoms with van der Waals surface area (Å²) in [6, 6.07) is 5.55. The van der Waals surface area contributed by atoms with Crippen molar-refractivity contribution >= 4 is 16.9 Å². The van der Waals surface area contributed by atoms with Crippen LogP contribution in [0.3, 0.4) is 0 Å². The van der Waals surface area contributed by atoms with Gasteiger partial charge in [-0.25, -0.2) is 9.59 Å². The Morgan fingerprint density at radius 3 is 2.84 bits per heavy atom. The molecule has 19 heavy (non-hydrogen) atoms. The number of fused-ring (bicyclic) bond motifs is 1. The Bertz CT molecular complexity index is 676. The van der Waals surface area contributed by atoms with E-state index < -0.39 is 17.6 Å². The van der Waals surface area contributed by atoms with E-state index in [-0.39, 0.29) is 6.42 Å². The van der Waals surface area contributed by atoms with Crippen molar-refractivity contribution in [1.82, 2.24) is 0 Å². The molecule has 0 unspecified atom stereocenters. The van der Waals surface area contributed by atoms with Crippen molar-refractivity contribution in [2.45, 2.75) is 12.5 Å². The van der Waals surface area contributed by atoms with Crippen LogP contribution in [0, 0.1) is 0 Å². The molecule has 0 saturated heterocycles. The summed E-state index contributed by atoms with van der Waals surface area (Å²) in [5.41, 5.74) is 4.01. The van der Waals surface area contributed by atoms with Crippen molar-refractivity contribution in [2.75, 3.05) is 7.11 Å². The van der Waals surface area contributed by atoms with Crippen LogP contribution >= 0.6 is 0 Å². The summed E-state index contributed by atoms with van der Waals surface area (Å²) < 4.78 is 10.1. The van der Waals surface area contributed by atoms with Crippen molar-refractivity contribution in [1.29, 1.82) is 0 Å². The van der Waals surface area contributed by atoms with Gasteiger partial charge >= 0.3 is 11.6 Å². The number of hydrogen-bond donors (Lipinski definition) is 2. The Kier molecular flexibility index (Phi) is 3.52. The van der Waals surface area contributed by atoms with Gasteiger partial charge in [0.25, 0.3) is 0 Å². The molecular weight excluding hydrogens is 250 g/mol. The topological polar surface area (TPSA) is 104 Å². The maximum Gasteiger partial charge on any atom is 0.362 e. The van der Waals surface area contributed by atoms with Gasteiger partial charge < -0.3 is 20.0 Å². The summed E-state index contributed by atoms with van der Waals surface area (Å²) in [4.78, 5) is 22.3. The summed E-state index contributed by atoms with van der Waals surface area (Å²) in [5.74, 6) is -0.438. The standard InChI is InChI=1S/C13H13NO5/c1-18-8-2-3-9-7(4-10(14)13(16)17)5-12(15)19-11(9)6-8/h2-3,5-6,10H,4,14H2,1H3,(H,16,17)/p+1/t10-/m1/s1. The van der Waals surface area contributed by atoms with E-state index in [9.17, 15) is 9.59 Å². The molecule has 0 fully saturated rings. The second-order valence-electron chi connectivity index (χ2n) is 4.19. The molecule has 0 radical (unpaired) electrons. The molecule has 6 heteroatoms. The number of ether oxygens (including phenoxy) is 1. The predicted molar refractivity (Wildman–Crippen MR) is 67.1 cm³/mol. The maximum absolute atomic E-state index is 11.5. The van der Waals surface area contributed by atoms with Crippen molar-refractivity contribution in [3.05, 3.63) is 40.2 Å². The molecular formula is C13H14NO5+. The van der Waals surface area contributed by atoms with Crippen molar-refractivity contribution in [2.24, 2.45) is 0 Å². The minimum absolute atomic E-state index is 0.170. The van der Waals surface area contributed by atoms with Gasteiger partial charge in [0.05, 0.1) is 7.11 Å². The fourth-order valence-corrected chi connectivity index (χ4v) is 1.86. The third-order valence-electron chi connectivity index (χ3n) is 2.85. The molecule has 0 aliphatic carbocycles. The number of methoxy groups -OCH3 is 1. The number of quaternary nitrogens is 1. The number of carboxylic acid groups (broad SMARTS) is 1. The monoisotopic (exact) mass is 264 g/mol. The molecule has 0 aliphatic rings. The van der Waals surface area contributed by atoms with Crippen molar-refractivity contribution in [3.8, 4) is 5.75 Å². The lowest BCUT2D eigenvalue weighted by molar-refractivity contribution is -0.407. The number of carboxylic acids is 1. The van der Waals surface area contributed by atoms with Gasteiger partial charge in [-0.2, -0.15) is 0 Å². The summed E-state index contributed by atoms with van der Waals surface area (Å²) in [5, 5.41) is 9.57. The van der Waals surface area contributed by atoms with E-state index in [1.54, 1.807) is 18.2 Å². The molecule has 1 aromatic carbocycles. The third kappa shape index (κ3) is 2.74. The quantitative estimate of drug-likeness (QED) is 0.758. The lowest BCUT2D eigenvalue weighted by Gasteiger charge is -2.07. The van der Waals surface area contributed by atoms with Crippen LogP contribution in [0.25, 0.3) is 11.0 Å². The molecule has 0 spiro atoms. The van der Waals surface area contributed by atoms with Crippen molar-refractivity contribution < 1.29 is 24.8 Å². The molecule has 100 valence electrons. The molecule has 4 N–H and O–H groups in total. The van der Waals surface area contributed by atoms with Gasteiger partial charge in [0.1, 0.15) is 11.3 Å². The number of hydrogen-bond acceptors (Lipinski definition) is 4. The fourth-order valence-electron chi connectivity index (χ4n) is 1.86. The van der Waals surface area contributed by atoms with E-state index in [1.165, 1.54) is 13.2 Å². The van der Waals surface area contributed by atoms with Crippen LogP contribution in [0.1, 0.15) is 5.56 Å². The zero-order chi connectivity index (χ0) is 14.0. The van der Waals surface area contributed by atoms with Gasteiger partial charge in [-0.3, -0.25) is 0 Å². The molecule has 2 rings (SSSR count). The van der Waals surface area contributed by atoms with Crippen LogP contribution in [0.15, 0.2) is 33.5 Å². The maximum atomic E-state index is 11.5. The summed E-state index contributed by atoms with van der Waals surface area (Å²) >= 11 is 0. The largest absolute Gasteiger partial charge is 0.497 e. The van der Waals surface area contributed by atoms with E-state index in [1.807, 2.05) is 0 Å². The highest BCUT2D eigenvalue weighted by atomic mass is 16.5. The highest BCUT2D eigenvalue weighted by Gasteiger charge is 2.18. The second kappa shape index (κ2) is 5.11. The average molecular weight is 264 g/mol. The Labute approximate surface area is 108 Å². The van der Waals surface area contributed by atoms with E-state index >= 15 is 0 Å². The molecule has 0 saturated carbocycles. The lowest BCUT2D eigenvalue weighted by atomic mass is 10.0. The highest BCUT2D eigenvalue weighted by Crippen LogP contribution is 2.23. The minimum atomic E-state index is -1.00. The minimum Gasteiger partial charge on any atom is -0.497 e. The first kappa shape index (κ1) is 13.1. The first-order chi connectivity index (χ1) is 9.01. The summed E-state index contributed by atoms with van der Waals surface area (Å²) in [6.07, 6.45) is 0.170. The van der Waals surface area contributed by atoms with E-state index in [0.29, 0.717) is 22.3 Å². The Balaban J connectivity index is 2.54. The normalized spacial score (nSPS) is 12.3. The van der Waals surface area contributed by atoms with Gasteiger partial charge in [-0.1, -0.05) is 0 Å². The molecule has 0 amide bonds. The number of aliphatic carboxylic acids is 1. The lowest BCUT2D eigenvalue weighted by Crippen LogP contribution is -2.66. The van der Waals surface area contributed by atoms with Gasteiger partial charge in [-0.15, -0.1) is 0 Å². The predicted octanol–water partition coefficient (Wildman–Crippen LogP) is 0.0392. The van der Waals surface area contributed by atoms with Gasteiger partial charge in [0.2, 0.25) is 0 Å². The summed E-state index contributed by atoms with van der Waals surface area (Å²) in [7, 11) is 1.51. The number of benzene rings is 1. The fraction of sp³-hybridized carbons (Fsp3) is 0.231. The highest BCUT2D eigenvalue weighted by molar-refractivity contribution is 5.82. The first-order valence-electron chi connectivity index (χ1n) is 5.68. The van der Waals surface area contributed by atoms with Crippen LogP contribution in [-0.4, -0.2) is 24.2 Å². The molecule has 1 atom stereocenters. The SMILES string of the molecule is COc1ccc2c(C[C@@H]([NH3+])C(=O)O)cc(=O)oc2c1. The van der Waals surface area contributed by atoms with Crippen molar-refractivity contribution in [3.63, 3.8) is 0 Å². The average Bonchev–Trinajstić information content (AvgIpc) is 2.37. The molecule has 2 aromatic rings.